The van der Waals surface area contributed by atoms with Crippen LogP contribution in [0.2, 0.25) is 0 Å². The second-order valence-electron chi connectivity index (χ2n) is 3.36. The minimum Gasteiger partial charge on any atom is -0.448 e. The molecule has 1 N–H and O–H groups in total. The van der Waals surface area contributed by atoms with Gasteiger partial charge in [-0.1, -0.05) is 29.5 Å². The summed E-state index contributed by atoms with van der Waals surface area (Å²) in [6, 6.07) is 0. The molecule has 1 rings (SSSR count). The van der Waals surface area contributed by atoms with Crippen molar-refractivity contribution < 1.29 is 4.42 Å². The van der Waals surface area contributed by atoms with E-state index >= 15 is 0 Å². The number of nitrogens with one attached hydrogen (secondary N) is 1. The SMILES string of the molecule is CI.CNCN(C)CC(C)c1cnco1. The zero-order valence-corrected chi connectivity index (χ0v) is 12.0. The molecular formula is C10H20IN3O. The average Bonchev–Trinajstić information content (AvgIpc) is 2.74. The molecule has 4 nitrogen and oxygen atoms in total. The predicted octanol–water partition coefficient (Wildman–Crippen LogP) is 1.94. The first-order chi connectivity index (χ1) is 7.24. The number of likely N-dealkylation sites (N-methyl/N-ethyl adjacent to an activating group) is 1. The third-order valence-corrected chi connectivity index (χ3v) is 1.95. The lowest BCUT2D eigenvalue weighted by Crippen LogP contribution is -2.31. The molecule has 0 aromatic carbocycles. The number of aromatic nitrogens is 1. The Hall–Kier alpha value is -0.140. The number of hydrogen-bond donors (Lipinski definition) is 1. The van der Waals surface area contributed by atoms with Gasteiger partial charge in [-0.2, -0.15) is 0 Å². The highest BCUT2D eigenvalue weighted by molar-refractivity contribution is 14.1. The van der Waals surface area contributed by atoms with Crippen molar-refractivity contribution in [3.05, 3.63) is 18.4 Å². The van der Waals surface area contributed by atoms with Crippen molar-refractivity contribution >= 4 is 22.6 Å². The fourth-order valence-electron chi connectivity index (χ4n) is 1.36. The van der Waals surface area contributed by atoms with E-state index < -0.39 is 0 Å². The van der Waals surface area contributed by atoms with Crippen molar-refractivity contribution in [2.45, 2.75) is 12.8 Å². The first-order valence-electron chi connectivity index (χ1n) is 4.83. The van der Waals surface area contributed by atoms with Crippen LogP contribution >= 0.6 is 22.6 Å². The second-order valence-corrected chi connectivity index (χ2v) is 3.36. The van der Waals surface area contributed by atoms with Crippen molar-refractivity contribution in [3.8, 4) is 0 Å². The van der Waals surface area contributed by atoms with Gasteiger partial charge in [-0.25, -0.2) is 4.98 Å². The highest BCUT2D eigenvalue weighted by Crippen LogP contribution is 2.14. The Kier molecular flexibility index (Phi) is 9.03. The fourth-order valence-corrected chi connectivity index (χ4v) is 1.36. The van der Waals surface area contributed by atoms with E-state index in [1.807, 2.05) is 12.0 Å². The van der Waals surface area contributed by atoms with Gasteiger partial charge in [-0.15, -0.1) is 0 Å². The Balaban J connectivity index is 0.000000921. The van der Waals surface area contributed by atoms with Crippen molar-refractivity contribution in [2.24, 2.45) is 0 Å². The summed E-state index contributed by atoms with van der Waals surface area (Å²) in [5.41, 5.74) is 0. The summed E-state index contributed by atoms with van der Waals surface area (Å²) in [5.74, 6) is 1.34. The van der Waals surface area contributed by atoms with E-state index in [1.54, 1.807) is 6.20 Å². The molecule has 0 fully saturated rings. The number of rotatable bonds is 5. The van der Waals surface area contributed by atoms with Crippen molar-refractivity contribution in [3.63, 3.8) is 0 Å². The lowest BCUT2D eigenvalue weighted by atomic mass is 10.1. The van der Waals surface area contributed by atoms with E-state index in [9.17, 15) is 0 Å². The Bertz CT molecular complexity index is 229. The van der Waals surface area contributed by atoms with E-state index in [1.165, 1.54) is 6.39 Å². The standard InChI is InChI=1S/C9H17N3O.CH3I/c1-8(5-12(3)6-10-2)9-4-11-7-13-9;1-2/h4,7-8,10H,5-6H2,1-3H3;1H3. The largest absolute Gasteiger partial charge is 0.448 e. The molecule has 0 saturated heterocycles. The summed E-state index contributed by atoms with van der Waals surface area (Å²) in [6.45, 7) is 3.99. The van der Waals surface area contributed by atoms with Gasteiger partial charge in [0.2, 0.25) is 0 Å². The van der Waals surface area contributed by atoms with E-state index in [0.29, 0.717) is 5.92 Å². The van der Waals surface area contributed by atoms with Crippen molar-refractivity contribution in [1.29, 1.82) is 0 Å². The molecule has 1 heterocycles. The summed E-state index contributed by atoms with van der Waals surface area (Å²) in [4.78, 5) is 8.07. The zero-order valence-electron chi connectivity index (χ0n) is 9.83. The quantitative estimate of drug-likeness (QED) is 0.510. The molecule has 0 aliphatic rings. The first kappa shape index (κ1) is 14.9. The molecule has 0 bridgehead atoms. The topological polar surface area (TPSA) is 41.3 Å². The normalized spacial score (nSPS) is 12.1. The van der Waals surface area contributed by atoms with Gasteiger partial charge in [-0.05, 0) is 19.0 Å². The third-order valence-electron chi connectivity index (χ3n) is 1.95. The first-order valence-corrected chi connectivity index (χ1v) is 6.99. The van der Waals surface area contributed by atoms with Crippen LogP contribution in [0.15, 0.2) is 17.0 Å². The van der Waals surface area contributed by atoms with Crippen LogP contribution in [0.25, 0.3) is 0 Å². The van der Waals surface area contributed by atoms with Crippen molar-refractivity contribution in [1.82, 2.24) is 15.2 Å². The van der Waals surface area contributed by atoms with Gasteiger partial charge in [0.05, 0.1) is 6.20 Å². The van der Waals surface area contributed by atoms with Crippen LogP contribution in [0.5, 0.6) is 0 Å². The van der Waals surface area contributed by atoms with Crippen LogP contribution in [-0.4, -0.2) is 42.1 Å². The van der Waals surface area contributed by atoms with Gasteiger partial charge >= 0.3 is 0 Å². The van der Waals surface area contributed by atoms with Crippen LogP contribution < -0.4 is 5.32 Å². The number of nitrogens with zero attached hydrogens (tertiary/aromatic N) is 2. The van der Waals surface area contributed by atoms with E-state index in [4.69, 9.17) is 4.42 Å². The Morgan fingerprint density at radius 3 is 2.73 bits per heavy atom. The van der Waals surface area contributed by atoms with Crippen LogP contribution in [0.1, 0.15) is 18.6 Å². The minimum atomic E-state index is 0.390. The predicted molar refractivity (Wildman–Crippen MR) is 71.4 cm³/mol. The molecule has 0 aliphatic heterocycles. The maximum absolute atomic E-state index is 5.22. The minimum absolute atomic E-state index is 0.390. The Morgan fingerprint density at radius 2 is 2.27 bits per heavy atom. The third kappa shape index (κ3) is 6.11. The van der Waals surface area contributed by atoms with E-state index in [0.717, 1.165) is 19.0 Å². The molecule has 0 radical (unpaired) electrons. The lowest BCUT2D eigenvalue weighted by molar-refractivity contribution is 0.287. The highest BCUT2D eigenvalue weighted by atomic mass is 127. The average molecular weight is 325 g/mol. The molecular weight excluding hydrogens is 305 g/mol. The van der Waals surface area contributed by atoms with Crippen LogP contribution in [0, 0.1) is 0 Å². The van der Waals surface area contributed by atoms with Gasteiger partial charge in [0.25, 0.3) is 0 Å². The number of halogens is 1. The molecule has 0 amide bonds. The van der Waals surface area contributed by atoms with Crippen LogP contribution in [-0.2, 0) is 0 Å². The molecule has 5 heteroatoms. The maximum Gasteiger partial charge on any atom is 0.180 e. The molecule has 0 saturated carbocycles. The van der Waals surface area contributed by atoms with Crippen molar-refractivity contribution in [2.75, 3.05) is 32.2 Å². The highest BCUT2D eigenvalue weighted by Gasteiger charge is 2.10. The monoisotopic (exact) mass is 325 g/mol. The summed E-state index contributed by atoms with van der Waals surface area (Å²) < 4.78 is 5.22. The van der Waals surface area contributed by atoms with Gasteiger partial charge in [-0.3, -0.25) is 4.90 Å². The number of hydrogen-bond acceptors (Lipinski definition) is 4. The molecule has 0 spiro atoms. The summed E-state index contributed by atoms with van der Waals surface area (Å²) in [6.07, 6.45) is 3.25. The molecule has 0 aliphatic carbocycles. The van der Waals surface area contributed by atoms with Crippen LogP contribution in [0.4, 0.5) is 0 Å². The van der Waals surface area contributed by atoms with Gasteiger partial charge in [0.15, 0.2) is 6.39 Å². The fraction of sp³-hybridized carbons (Fsp3) is 0.700. The zero-order chi connectivity index (χ0) is 11.7. The van der Waals surface area contributed by atoms with E-state index in [2.05, 4.69) is 51.8 Å². The molecule has 1 atom stereocenters. The number of oxazole rings is 1. The van der Waals surface area contributed by atoms with Crippen LogP contribution in [0.3, 0.4) is 0 Å². The molecule has 1 unspecified atom stereocenters. The molecule has 88 valence electrons. The summed E-state index contributed by atoms with van der Waals surface area (Å²) in [7, 11) is 4.01. The maximum atomic E-state index is 5.22. The Labute approximate surface area is 106 Å². The molecule has 1 aromatic heterocycles. The lowest BCUT2D eigenvalue weighted by Gasteiger charge is -2.18. The smallest absolute Gasteiger partial charge is 0.180 e. The Morgan fingerprint density at radius 1 is 1.60 bits per heavy atom. The van der Waals surface area contributed by atoms with Gasteiger partial charge < -0.3 is 9.73 Å². The summed E-state index contributed by atoms with van der Waals surface area (Å²) in [5, 5.41) is 3.10. The second kappa shape index (κ2) is 9.11. The summed E-state index contributed by atoms with van der Waals surface area (Å²) >= 11 is 2.15. The van der Waals surface area contributed by atoms with Gasteiger partial charge in [0, 0.05) is 19.1 Å². The number of alkyl halides is 1. The van der Waals surface area contributed by atoms with E-state index in [-0.39, 0.29) is 0 Å². The molecule has 15 heavy (non-hydrogen) atoms. The molecule has 1 aromatic rings. The van der Waals surface area contributed by atoms with Gasteiger partial charge in [0.1, 0.15) is 5.76 Å².